The minimum absolute atomic E-state index is 0.0841. The van der Waals surface area contributed by atoms with Gasteiger partial charge in [-0.3, -0.25) is 14.4 Å². The summed E-state index contributed by atoms with van der Waals surface area (Å²) in [4.78, 5) is 38.4. The molecule has 0 saturated carbocycles. The molecule has 0 aliphatic rings. The van der Waals surface area contributed by atoms with E-state index in [0.29, 0.717) is 19.3 Å². The molecule has 6 nitrogen and oxygen atoms in total. The van der Waals surface area contributed by atoms with Gasteiger partial charge in [0.05, 0.1) is 0 Å². The molecule has 0 N–H and O–H groups in total. The van der Waals surface area contributed by atoms with Crippen LogP contribution in [0.3, 0.4) is 0 Å². The van der Waals surface area contributed by atoms with Crippen molar-refractivity contribution >= 4 is 17.9 Å². The molecular formula is C77H132O6. The first-order chi connectivity index (χ1) is 41.0. The first-order valence-corrected chi connectivity index (χ1v) is 35.4. The Morgan fingerprint density at radius 1 is 0.253 bits per heavy atom. The second-order valence-electron chi connectivity index (χ2n) is 23.4. The number of carbonyl (C=O) groups is 3. The highest BCUT2D eigenvalue weighted by molar-refractivity contribution is 5.71. The molecule has 0 aliphatic carbocycles. The van der Waals surface area contributed by atoms with Crippen molar-refractivity contribution in [1.29, 1.82) is 0 Å². The summed E-state index contributed by atoms with van der Waals surface area (Å²) >= 11 is 0. The zero-order valence-corrected chi connectivity index (χ0v) is 54.7. The zero-order chi connectivity index (χ0) is 59.9. The highest BCUT2D eigenvalue weighted by Gasteiger charge is 2.19. The standard InChI is InChI=1S/C77H132O6/c1-4-7-10-13-16-19-22-24-26-28-30-32-34-35-36-37-38-39-40-41-43-44-46-48-50-52-55-58-61-64-67-70-76(79)82-73-74(72-81-75(78)69-66-63-60-57-54-21-18-15-12-9-6-3)83-77(80)71-68-65-62-59-56-53-51-49-47-45-42-33-31-29-27-25-23-20-17-14-11-8-5-2/h8,11,15,17-18,20,22,24-25,27-28,30-31,33-35,45,47,74H,4-7,9-10,12-14,16,19,21,23,26,29,32,36-44,46,48-73H2,1-3H3/b11-8-,18-15-,20-17-,24-22-,27-25-,30-28-,33-31-,35-34-,47-45-. The molecule has 0 saturated heterocycles. The van der Waals surface area contributed by atoms with Crippen LogP contribution in [0.25, 0.3) is 0 Å². The van der Waals surface area contributed by atoms with Crippen molar-refractivity contribution in [3.05, 3.63) is 109 Å². The van der Waals surface area contributed by atoms with E-state index < -0.39 is 6.10 Å². The summed E-state index contributed by atoms with van der Waals surface area (Å²) in [5.74, 6) is -0.894. The van der Waals surface area contributed by atoms with E-state index in [1.54, 1.807) is 0 Å². The van der Waals surface area contributed by atoms with Crippen LogP contribution in [0.2, 0.25) is 0 Å². The van der Waals surface area contributed by atoms with Gasteiger partial charge in [0.15, 0.2) is 6.10 Å². The summed E-state index contributed by atoms with van der Waals surface area (Å²) in [7, 11) is 0. The highest BCUT2D eigenvalue weighted by atomic mass is 16.6. The van der Waals surface area contributed by atoms with Gasteiger partial charge in [-0.05, 0) is 122 Å². The predicted molar refractivity (Wildman–Crippen MR) is 362 cm³/mol. The SMILES string of the molecule is CC/C=C\C/C=C\C/C=C\C/C=C\C/C=C\CCCCCCCCCC(=O)OC(COC(=O)CCCCCCC/C=C\CCCC)COC(=O)CCCCCCCCCCCCCCCCCC/C=C\C/C=C\C/C=C\CCCCCCC. The maximum absolute atomic E-state index is 12.9. The lowest BCUT2D eigenvalue weighted by Gasteiger charge is -2.18. The lowest BCUT2D eigenvalue weighted by Crippen LogP contribution is -2.30. The Hall–Kier alpha value is -3.93. The molecule has 0 heterocycles. The van der Waals surface area contributed by atoms with Gasteiger partial charge in [0.2, 0.25) is 0 Å². The summed E-state index contributed by atoms with van der Waals surface area (Å²) in [6.07, 6.45) is 96.9. The molecule has 83 heavy (non-hydrogen) atoms. The fraction of sp³-hybridized carbons (Fsp3) is 0.727. The number of unbranched alkanes of at least 4 members (excludes halogenated alkanes) is 35. The van der Waals surface area contributed by atoms with Crippen molar-refractivity contribution in [2.24, 2.45) is 0 Å². The van der Waals surface area contributed by atoms with Crippen molar-refractivity contribution < 1.29 is 28.6 Å². The Bertz CT molecular complexity index is 1660. The molecule has 1 atom stereocenters. The van der Waals surface area contributed by atoms with E-state index in [9.17, 15) is 14.4 Å². The molecule has 0 aromatic carbocycles. The minimum atomic E-state index is -0.790. The average molecular weight is 1150 g/mol. The molecule has 0 bridgehead atoms. The number of hydrogen-bond acceptors (Lipinski definition) is 6. The maximum Gasteiger partial charge on any atom is 0.306 e. The van der Waals surface area contributed by atoms with Crippen LogP contribution < -0.4 is 0 Å². The average Bonchev–Trinajstić information content (AvgIpc) is 3.48. The normalized spacial score (nSPS) is 12.8. The maximum atomic E-state index is 12.9. The Labute approximate surface area is 514 Å². The van der Waals surface area contributed by atoms with Crippen LogP contribution in [0.1, 0.15) is 342 Å². The Morgan fingerprint density at radius 2 is 0.482 bits per heavy atom. The Kier molecular flexibility index (Phi) is 67.2. The van der Waals surface area contributed by atoms with Gasteiger partial charge in [-0.1, -0.05) is 310 Å². The largest absolute Gasteiger partial charge is 0.462 e. The van der Waals surface area contributed by atoms with E-state index in [1.807, 2.05) is 0 Å². The first-order valence-electron chi connectivity index (χ1n) is 35.4. The lowest BCUT2D eigenvalue weighted by molar-refractivity contribution is -0.167. The van der Waals surface area contributed by atoms with Crippen LogP contribution in [0.5, 0.6) is 0 Å². The lowest BCUT2D eigenvalue weighted by atomic mass is 10.0. The van der Waals surface area contributed by atoms with Crippen LogP contribution in [0.4, 0.5) is 0 Å². The molecular weight excluding hydrogens is 1020 g/mol. The van der Waals surface area contributed by atoms with Crippen LogP contribution >= 0.6 is 0 Å². The van der Waals surface area contributed by atoms with Crippen molar-refractivity contribution in [2.45, 2.75) is 348 Å². The molecule has 6 heteroatoms. The van der Waals surface area contributed by atoms with E-state index in [0.717, 1.165) is 116 Å². The molecule has 0 radical (unpaired) electrons. The molecule has 0 aromatic rings. The third-order valence-electron chi connectivity index (χ3n) is 15.2. The van der Waals surface area contributed by atoms with Crippen molar-refractivity contribution in [3.63, 3.8) is 0 Å². The van der Waals surface area contributed by atoms with E-state index in [1.165, 1.54) is 186 Å². The highest BCUT2D eigenvalue weighted by Crippen LogP contribution is 2.17. The summed E-state index contributed by atoms with van der Waals surface area (Å²) in [5.41, 5.74) is 0. The smallest absolute Gasteiger partial charge is 0.306 e. The van der Waals surface area contributed by atoms with E-state index >= 15 is 0 Å². The van der Waals surface area contributed by atoms with Gasteiger partial charge in [-0.25, -0.2) is 0 Å². The number of hydrogen-bond donors (Lipinski definition) is 0. The molecule has 0 fully saturated rings. The predicted octanol–water partition coefficient (Wildman–Crippen LogP) is 24.6. The fourth-order valence-electron chi connectivity index (χ4n) is 9.93. The van der Waals surface area contributed by atoms with E-state index in [-0.39, 0.29) is 31.1 Å². The minimum Gasteiger partial charge on any atom is -0.462 e. The zero-order valence-electron chi connectivity index (χ0n) is 54.7. The van der Waals surface area contributed by atoms with E-state index in [4.69, 9.17) is 14.2 Å². The molecule has 0 rings (SSSR count). The van der Waals surface area contributed by atoms with Crippen molar-refractivity contribution in [3.8, 4) is 0 Å². The number of ether oxygens (including phenoxy) is 3. The monoisotopic (exact) mass is 1150 g/mol. The van der Waals surface area contributed by atoms with Gasteiger partial charge >= 0.3 is 17.9 Å². The second kappa shape index (κ2) is 70.6. The summed E-state index contributed by atoms with van der Waals surface area (Å²) in [6, 6.07) is 0. The van der Waals surface area contributed by atoms with Crippen molar-refractivity contribution in [1.82, 2.24) is 0 Å². The third-order valence-corrected chi connectivity index (χ3v) is 15.2. The van der Waals surface area contributed by atoms with Crippen LogP contribution in [0.15, 0.2) is 109 Å². The van der Waals surface area contributed by atoms with Crippen molar-refractivity contribution in [2.75, 3.05) is 13.2 Å². The molecule has 476 valence electrons. The van der Waals surface area contributed by atoms with E-state index in [2.05, 4.69) is 130 Å². The van der Waals surface area contributed by atoms with Gasteiger partial charge in [-0.2, -0.15) is 0 Å². The third kappa shape index (κ3) is 68.7. The van der Waals surface area contributed by atoms with Gasteiger partial charge < -0.3 is 14.2 Å². The molecule has 0 amide bonds. The number of esters is 3. The number of rotatable bonds is 64. The summed E-state index contributed by atoms with van der Waals surface area (Å²) in [6.45, 7) is 6.49. The van der Waals surface area contributed by atoms with Gasteiger partial charge in [0.1, 0.15) is 13.2 Å². The van der Waals surface area contributed by atoms with Gasteiger partial charge in [0.25, 0.3) is 0 Å². The topological polar surface area (TPSA) is 78.9 Å². The fourth-order valence-corrected chi connectivity index (χ4v) is 9.93. The van der Waals surface area contributed by atoms with Crippen LogP contribution in [0, 0.1) is 0 Å². The quantitative estimate of drug-likeness (QED) is 0.0261. The van der Waals surface area contributed by atoms with Crippen LogP contribution in [-0.4, -0.2) is 37.2 Å². The second-order valence-corrected chi connectivity index (χ2v) is 23.4. The van der Waals surface area contributed by atoms with Crippen LogP contribution in [-0.2, 0) is 28.6 Å². The van der Waals surface area contributed by atoms with Gasteiger partial charge in [-0.15, -0.1) is 0 Å². The Balaban J connectivity index is 4.21. The van der Waals surface area contributed by atoms with Gasteiger partial charge in [0, 0.05) is 19.3 Å². The Morgan fingerprint density at radius 3 is 0.783 bits per heavy atom. The summed E-state index contributed by atoms with van der Waals surface area (Å²) < 4.78 is 16.9. The summed E-state index contributed by atoms with van der Waals surface area (Å²) in [5, 5.41) is 0. The molecule has 0 aliphatic heterocycles. The molecule has 0 aromatic heterocycles. The number of carbonyl (C=O) groups excluding carboxylic acids is 3. The number of allylic oxidation sites excluding steroid dienone is 18. The first kappa shape index (κ1) is 79.1. The molecule has 0 spiro atoms. The molecule has 1 unspecified atom stereocenters.